The fourth-order valence-corrected chi connectivity index (χ4v) is 1.65. The van der Waals surface area contributed by atoms with Crippen molar-refractivity contribution in [2.75, 3.05) is 13.7 Å². The number of benzene rings is 1. The summed E-state index contributed by atoms with van der Waals surface area (Å²) >= 11 is 0. The van der Waals surface area contributed by atoms with Crippen LogP contribution in [0.15, 0.2) is 30.3 Å². The molecule has 0 spiro atoms. The summed E-state index contributed by atoms with van der Waals surface area (Å²) in [4.78, 5) is 33.9. The molecule has 8 heteroatoms. The summed E-state index contributed by atoms with van der Waals surface area (Å²) in [5, 5.41) is 13.5. The number of aliphatic carboxylic acids is 1. The van der Waals surface area contributed by atoms with Crippen LogP contribution in [0.4, 0.5) is 4.79 Å². The summed E-state index contributed by atoms with van der Waals surface area (Å²) in [6.07, 6.45) is -1.17. The van der Waals surface area contributed by atoms with Crippen molar-refractivity contribution in [3.63, 3.8) is 0 Å². The number of hydrogen-bond donors (Lipinski definition) is 4. The summed E-state index contributed by atoms with van der Waals surface area (Å²) in [6, 6.07) is 6.58. The molecule has 0 aliphatic heterocycles. The van der Waals surface area contributed by atoms with Gasteiger partial charge in [-0.3, -0.25) is 4.79 Å². The number of amides is 3. The van der Waals surface area contributed by atoms with Crippen LogP contribution in [0.5, 0.6) is 0 Å². The number of ether oxygens (including phenoxy) is 1. The Balaban J connectivity index is 2.77. The van der Waals surface area contributed by atoms with Crippen LogP contribution in [0.2, 0.25) is 0 Å². The van der Waals surface area contributed by atoms with E-state index in [1.54, 1.807) is 30.3 Å². The van der Waals surface area contributed by atoms with Gasteiger partial charge in [0.05, 0.1) is 6.54 Å². The number of methoxy groups -OCH3 is 1. The van der Waals surface area contributed by atoms with E-state index in [9.17, 15) is 14.4 Å². The van der Waals surface area contributed by atoms with Gasteiger partial charge in [-0.15, -0.1) is 0 Å². The topological polar surface area (TPSA) is 131 Å². The molecule has 0 saturated carbocycles. The maximum Gasteiger partial charge on any atom is 0.334 e. The lowest BCUT2D eigenvalue weighted by atomic mass is 10.1. The van der Waals surface area contributed by atoms with E-state index in [0.29, 0.717) is 5.56 Å². The van der Waals surface area contributed by atoms with Gasteiger partial charge in [-0.05, 0) is 5.56 Å². The van der Waals surface area contributed by atoms with Crippen LogP contribution in [-0.2, 0) is 14.3 Å². The zero-order valence-corrected chi connectivity index (χ0v) is 11.4. The number of carboxylic acids is 1. The maximum atomic E-state index is 12.1. The van der Waals surface area contributed by atoms with Crippen molar-refractivity contribution < 1.29 is 24.2 Å². The van der Waals surface area contributed by atoms with E-state index in [2.05, 4.69) is 10.6 Å². The molecule has 0 aliphatic carbocycles. The molecule has 0 aromatic heterocycles. The first-order valence-electron chi connectivity index (χ1n) is 6.10. The molecule has 1 aromatic carbocycles. The van der Waals surface area contributed by atoms with Crippen LogP contribution in [0, 0.1) is 0 Å². The van der Waals surface area contributed by atoms with E-state index in [-0.39, 0.29) is 6.54 Å². The van der Waals surface area contributed by atoms with E-state index in [1.165, 1.54) is 7.11 Å². The monoisotopic (exact) mass is 295 g/mol. The fraction of sp³-hybridized carbons (Fsp3) is 0.308. The lowest BCUT2D eigenvalue weighted by Crippen LogP contribution is -2.45. The molecular weight excluding hydrogens is 278 g/mol. The molecule has 5 N–H and O–H groups in total. The van der Waals surface area contributed by atoms with Crippen molar-refractivity contribution in [3.05, 3.63) is 35.9 Å². The second-order valence-electron chi connectivity index (χ2n) is 4.16. The zero-order valence-electron chi connectivity index (χ0n) is 11.4. The molecular formula is C13H17N3O5. The predicted molar refractivity (Wildman–Crippen MR) is 73.3 cm³/mol. The number of nitrogens with two attached hydrogens (primary N) is 1. The standard InChI is InChI=1S/C13H17N3O5/c1-21-9(12(18)19)7-15-11(17)10(16-13(14)20)8-5-3-2-4-6-8/h2-6,9-10H,7H2,1H3,(H,15,17)(H,18,19)(H3,14,16,20). The first-order chi connectivity index (χ1) is 9.95. The van der Waals surface area contributed by atoms with E-state index in [4.69, 9.17) is 15.6 Å². The Morgan fingerprint density at radius 2 is 1.90 bits per heavy atom. The normalized spacial score (nSPS) is 13.0. The van der Waals surface area contributed by atoms with Crippen molar-refractivity contribution in [3.8, 4) is 0 Å². The highest BCUT2D eigenvalue weighted by atomic mass is 16.5. The number of carbonyl (C=O) groups excluding carboxylic acids is 2. The third-order valence-electron chi connectivity index (χ3n) is 2.70. The van der Waals surface area contributed by atoms with Crippen LogP contribution in [0.25, 0.3) is 0 Å². The first kappa shape index (κ1) is 16.4. The zero-order chi connectivity index (χ0) is 15.8. The summed E-state index contributed by atoms with van der Waals surface area (Å²) in [7, 11) is 1.22. The predicted octanol–water partition coefficient (Wildman–Crippen LogP) is -0.388. The summed E-state index contributed by atoms with van der Waals surface area (Å²) in [6.45, 7) is -0.228. The number of primary amides is 1. The van der Waals surface area contributed by atoms with Crippen molar-refractivity contribution in [1.29, 1.82) is 0 Å². The Labute approximate surface area is 121 Å². The highest BCUT2D eigenvalue weighted by Crippen LogP contribution is 2.12. The number of urea groups is 1. The molecule has 2 atom stereocenters. The minimum atomic E-state index is -1.20. The van der Waals surface area contributed by atoms with Crippen LogP contribution in [0.3, 0.4) is 0 Å². The second-order valence-corrected chi connectivity index (χ2v) is 4.16. The molecule has 0 saturated heterocycles. The van der Waals surface area contributed by atoms with Gasteiger partial charge < -0.3 is 26.2 Å². The van der Waals surface area contributed by atoms with Gasteiger partial charge in [0.15, 0.2) is 6.10 Å². The molecule has 2 unspecified atom stereocenters. The fourth-order valence-electron chi connectivity index (χ4n) is 1.65. The SMILES string of the molecule is COC(CNC(=O)C(NC(N)=O)c1ccccc1)C(=O)O. The Morgan fingerprint density at radius 3 is 2.38 bits per heavy atom. The van der Waals surface area contributed by atoms with E-state index >= 15 is 0 Å². The third kappa shape index (κ3) is 5.11. The molecule has 21 heavy (non-hydrogen) atoms. The molecule has 1 rings (SSSR count). The van der Waals surface area contributed by atoms with E-state index in [0.717, 1.165) is 0 Å². The lowest BCUT2D eigenvalue weighted by molar-refractivity contribution is -0.148. The van der Waals surface area contributed by atoms with Gasteiger partial charge in [0, 0.05) is 7.11 Å². The molecule has 8 nitrogen and oxygen atoms in total. The highest BCUT2D eigenvalue weighted by molar-refractivity contribution is 5.88. The summed E-state index contributed by atoms with van der Waals surface area (Å²) in [5.41, 5.74) is 5.58. The minimum absolute atomic E-state index is 0.228. The average Bonchev–Trinajstić information content (AvgIpc) is 2.45. The number of nitrogens with one attached hydrogen (secondary N) is 2. The average molecular weight is 295 g/mol. The number of carbonyl (C=O) groups is 3. The molecule has 114 valence electrons. The Bertz CT molecular complexity index is 506. The quantitative estimate of drug-likeness (QED) is 0.544. The van der Waals surface area contributed by atoms with Gasteiger partial charge in [-0.2, -0.15) is 0 Å². The highest BCUT2D eigenvalue weighted by Gasteiger charge is 2.24. The van der Waals surface area contributed by atoms with Crippen molar-refractivity contribution in [2.24, 2.45) is 5.73 Å². The van der Waals surface area contributed by atoms with Crippen molar-refractivity contribution >= 4 is 17.9 Å². The summed E-state index contributed by atoms with van der Waals surface area (Å²) in [5.74, 6) is -1.78. The van der Waals surface area contributed by atoms with Crippen LogP contribution in [-0.4, -0.2) is 42.8 Å². The van der Waals surface area contributed by atoms with Gasteiger partial charge in [-0.25, -0.2) is 9.59 Å². The van der Waals surface area contributed by atoms with Gasteiger partial charge >= 0.3 is 12.0 Å². The van der Waals surface area contributed by atoms with Gasteiger partial charge in [0.1, 0.15) is 6.04 Å². The molecule has 0 heterocycles. The maximum absolute atomic E-state index is 12.1. The first-order valence-corrected chi connectivity index (χ1v) is 6.10. The Hall–Kier alpha value is -2.61. The summed E-state index contributed by atoms with van der Waals surface area (Å²) < 4.78 is 4.70. The van der Waals surface area contributed by atoms with Gasteiger partial charge in [-0.1, -0.05) is 30.3 Å². The smallest absolute Gasteiger partial charge is 0.334 e. The third-order valence-corrected chi connectivity index (χ3v) is 2.70. The van der Waals surface area contributed by atoms with Crippen LogP contribution >= 0.6 is 0 Å². The van der Waals surface area contributed by atoms with E-state index < -0.39 is 30.1 Å². The second kappa shape index (κ2) is 7.85. The largest absolute Gasteiger partial charge is 0.479 e. The van der Waals surface area contributed by atoms with Gasteiger partial charge in [0.2, 0.25) is 5.91 Å². The van der Waals surface area contributed by atoms with E-state index in [1.807, 2.05) is 0 Å². The number of carboxylic acid groups (broad SMARTS) is 1. The Kier molecular flexibility index (Phi) is 6.15. The lowest BCUT2D eigenvalue weighted by Gasteiger charge is -2.19. The molecule has 3 amide bonds. The van der Waals surface area contributed by atoms with Crippen LogP contribution < -0.4 is 16.4 Å². The number of hydrogen-bond acceptors (Lipinski definition) is 4. The number of rotatable bonds is 7. The van der Waals surface area contributed by atoms with Crippen LogP contribution in [0.1, 0.15) is 11.6 Å². The minimum Gasteiger partial charge on any atom is -0.479 e. The Morgan fingerprint density at radius 1 is 1.29 bits per heavy atom. The molecule has 0 fully saturated rings. The van der Waals surface area contributed by atoms with Crippen molar-refractivity contribution in [1.82, 2.24) is 10.6 Å². The molecule has 1 aromatic rings. The van der Waals surface area contributed by atoms with Crippen molar-refractivity contribution in [2.45, 2.75) is 12.1 Å². The molecule has 0 aliphatic rings. The molecule has 0 radical (unpaired) electrons. The molecule has 0 bridgehead atoms. The van der Waals surface area contributed by atoms with Gasteiger partial charge in [0.25, 0.3) is 0 Å².